The molecule has 0 rings (SSSR count). The van der Waals surface area contributed by atoms with Crippen LogP contribution >= 0.6 is 23.5 Å². The molecule has 0 N–H and O–H groups in total. The summed E-state index contributed by atoms with van der Waals surface area (Å²) in [6.07, 6.45) is 12.4. The Morgan fingerprint density at radius 1 is 0.762 bits per heavy atom. The van der Waals surface area contributed by atoms with Crippen LogP contribution < -0.4 is 0 Å². The normalized spacial score (nSPS) is 10.8. The van der Waals surface area contributed by atoms with E-state index in [1.54, 1.807) is 0 Å². The molecule has 0 radical (unpaired) electrons. The van der Waals surface area contributed by atoms with Crippen molar-refractivity contribution in [3.8, 4) is 0 Å². The number of unbranched alkanes of at least 4 members (excludes halogenated alkanes) is 6. The topological polar surface area (TPSA) is 26.3 Å². The third kappa shape index (κ3) is 18.1. The molecule has 2 nitrogen and oxygen atoms in total. The standard InChI is InChI=1S/C17H34O2S2/c1-3-4-5-6-8-13-20-15-10-11-16-21-14-9-7-12-17(18)19-2/h3-16H2,1-2H3. The predicted octanol–water partition coefficient (Wildman–Crippen LogP) is 5.55. The van der Waals surface area contributed by atoms with Gasteiger partial charge in [0.15, 0.2) is 0 Å². The molecule has 0 aromatic rings. The van der Waals surface area contributed by atoms with Gasteiger partial charge in [0.25, 0.3) is 0 Å². The van der Waals surface area contributed by atoms with Crippen LogP contribution in [0.1, 0.15) is 71.1 Å². The molecule has 0 saturated carbocycles. The number of hydrogen-bond acceptors (Lipinski definition) is 4. The van der Waals surface area contributed by atoms with Crippen molar-refractivity contribution in [1.82, 2.24) is 0 Å². The maximum absolute atomic E-state index is 10.9. The molecule has 126 valence electrons. The number of ether oxygens (including phenoxy) is 1. The summed E-state index contributed by atoms with van der Waals surface area (Å²) in [5, 5.41) is 0. The largest absolute Gasteiger partial charge is 0.469 e. The Morgan fingerprint density at radius 3 is 1.76 bits per heavy atom. The van der Waals surface area contributed by atoms with Crippen LogP contribution in [-0.4, -0.2) is 36.1 Å². The molecule has 0 fully saturated rings. The zero-order valence-corrected chi connectivity index (χ0v) is 15.7. The van der Waals surface area contributed by atoms with Gasteiger partial charge in [0, 0.05) is 6.42 Å². The number of esters is 1. The van der Waals surface area contributed by atoms with Gasteiger partial charge >= 0.3 is 5.97 Å². The van der Waals surface area contributed by atoms with Crippen LogP contribution in [0, 0.1) is 0 Å². The number of methoxy groups -OCH3 is 1. The second kappa shape index (κ2) is 18.2. The molecule has 0 atom stereocenters. The van der Waals surface area contributed by atoms with Crippen molar-refractivity contribution in [3.05, 3.63) is 0 Å². The molecule has 0 unspecified atom stereocenters. The third-order valence-electron chi connectivity index (χ3n) is 3.37. The van der Waals surface area contributed by atoms with Crippen molar-refractivity contribution in [3.63, 3.8) is 0 Å². The average Bonchev–Trinajstić information content (AvgIpc) is 2.50. The summed E-state index contributed by atoms with van der Waals surface area (Å²) in [5.41, 5.74) is 0. The van der Waals surface area contributed by atoms with E-state index in [9.17, 15) is 4.79 Å². The van der Waals surface area contributed by atoms with Gasteiger partial charge in [0.05, 0.1) is 7.11 Å². The number of hydrogen-bond donors (Lipinski definition) is 0. The predicted molar refractivity (Wildman–Crippen MR) is 98.5 cm³/mol. The number of carbonyl (C=O) groups is 1. The zero-order chi connectivity index (χ0) is 15.6. The average molecular weight is 335 g/mol. The van der Waals surface area contributed by atoms with Crippen LogP contribution in [0.2, 0.25) is 0 Å². The Bertz CT molecular complexity index is 223. The van der Waals surface area contributed by atoms with Crippen LogP contribution in [0.25, 0.3) is 0 Å². The summed E-state index contributed by atoms with van der Waals surface area (Å²) < 4.78 is 4.62. The second-order valence-electron chi connectivity index (χ2n) is 5.38. The van der Waals surface area contributed by atoms with Gasteiger partial charge in [0.2, 0.25) is 0 Å². The van der Waals surface area contributed by atoms with Crippen LogP contribution in [0.4, 0.5) is 0 Å². The monoisotopic (exact) mass is 334 g/mol. The smallest absolute Gasteiger partial charge is 0.305 e. The molecule has 21 heavy (non-hydrogen) atoms. The summed E-state index contributed by atoms with van der Waals surface area (Å²) in [5.74, 6) is 5.06. The maximum Gasteiger partial charge on any atom is 0.305 e. The van der Waals surface area contributed by atoms with Crippen LogP contribution in [0.3, 0.4) is 0 Å². The Balaban J connectivity index is 2.98. The van der Waals surface area contributed by atoms with E-state index < -0.39 is 0 Å². The minimum absolute atomic E-state index is 0.0771. The Hall–Kier alpha value is 0.170. The zero-order valence-electron chi connectivity index (χ0n) is 14.0. The van der Waals surface area contributed by atoms with Crippen molar-refractivity contribution in [2.24, 2.45) is 0 Å². The quantitative estimate of drug-likeness (QED) is 0.273. The molecule has 0 aromatic carbocycles. The fourth-order valence-corrected chi connectivity index (χ4v) is 4.04. The van der Waals surface area contributed by atoms with Gasteiger partial charge in [0.1, 0.15) is 0 Å². The minimum Gasteiger partial charge on any atom is -0.469 e. The highest BCUT2D eigenvalue weighted by Gasteiger charge is 1.99. The lowest BCUT2D eigenvalue weighted by molar-refractivity contribution is -0.140. The number of carbonyl (C=O) groups excluding carboxylic acids is 1. The summed E-state index contributed by atoms with van der Waals surface area (Å²) in [7, 11) is 1.46. The van der Waals surface area contributed by atoms with E-state index in [-0.39, 0.29) is 5.97 Å². The Morgan fingerprint density at radius 2 is 1.24 bits per heavy atom. The highest BCUT2D eigenvalue weighted by atomic mass is 32.2. The van der Waals surface area contributed by atoms with Gasteiger partial charge in [-0.15, -0.1) is 0 Å². The first-order valence-corrected chi connectivity index (χ1v) is 10.8. The third-order valence-corrected chi connectivity index (χ3v) is 5.68. The van der Waals surface area contributed by atoms with E-state index >= 15 is 0 Å². The second-order valence-corrected chi connectivity index (χ2v) is 7.83. The first kappa shape index (κ1) is 21.2. The highest BCUT2D eigenvalue weighted by Crippen LogP contribution is 2.13. The van der Waals surface area contributed by atoms with Gasteiger partial charge in [-0.1, -0.05) is 32.6 Å². The summed E-state index contributed by atoms with van der Waals surface area (Å²) in [4.78, 5) is 10.9. The molecule has 0 heterocycles. The molecule has 4 heteroatoms. The molecule has 0 bridgehead atoms. The molecule has 0 aliphatic heterocycles. The number of rotatable bonds is 16. The molecule has 0 saturated heterocycles. The first-order valence-electron chi connectivity index (χ1n) is 8.53. The SMILES string of the molecule is CCCCCCCSCCCCSCCCCC(=O)OC. The summed E-state index contributed by atoms with van der Waals surface area (Å²) in [6.45, 7) is 2.27. The first-order chi connectivity index (χ1) is 10.3. The molecular formula is C17H34O2S2. The van der Waals surface area contributed by atoms with E-state index in [1.165, 1.54) is 75.1 Å². The summed E-state index contributed by atoms with van der Waals surface area (Å²) >= 11 is 4.16. The molecular weight excluding hydrogens is 300 g/mol. The highest BCUT2D eigenvalue weighted by molar-refractivity contribution is 7.99. The van der Waals surface area contributed by atoms with Crippen molar-refractivity contribution >= 4 is 29.5 Å². The lowest BCUT2D eigenvalue weighted by Gasteiger charge is -2.03. The van der Waals surface area contributed by atoms with E-state index in [4.69, 9.17) is 0 Å². The van der Waals surface area contributed by atoms with Crippen molar-refractivity contribution in [2.75, 3.05) is 30.1 Å². The van der Waals surface area contributed by atoms with Crippen LogP contribution in [-0.2, 0) is 9.53 Å². The summed E-state index contributed by atoms with van der Waals surface area (Å²) in [6, 6.07) is 0. The van der Waals surface area contributed by atoms with E-state index in [0.29, 0.717) is 6.42 Å². The van der Waals surface area contributed by atoms with Gasteiger partial charge in [-0.2, -0.15) is 23.5 Å². The molecule has 0 aliphatic rings. The van der Waals surface area contributed by atoms with E-state index in [1.807, 2.05) is 11.8 Å². The maximum atomic E-state index is 10.9. The molecule has 0 amide bonds. The van der Waals surface area contributed by atoms with Crippen LogP contribution in [0.5, 0.6) is 0 Å². The number of thioether (sulfide) groups is 2. The van der Waals surface area contributed by atoms with Crippen molar-refractivity contribution < 1.29 is 9.53 Å². The van der Waals surface area contributed by atoms with Gasteiger partial charge in [-0.3, -0.25) is 4.79 Å². The van der Waals surface area contributed by atoms with Gasteiger partial charge in [-0.05, 0) is 55.1 Å². The van der Waals surface area contributed by atoms with E-state index in [0.717, 1.165) is 12.8 Å². The van der Waals surface area contributed by atoms with Crippen molar-refractivity contribution in [2.45, 2.75) is 71.1 Å². The van der Waals surface area contributed by atoms with Gasteiger partial charge in [-0.25, -0.2) is 0 Å². The van der Waals surface area contributed by atoms with Crippen LogP contribution in [0.15, 0.2) is 0 Å². The Kier molecular flexibility index (Phi) is 18.4. The molecule has 0 aliphatic carbocycles. The van der Waals surface area contributed by atoms with E-state index in [2.05, 4.69) is 23.4 Å². The van der Waals surface area contributed by atoms with Crippen molar-refractivity contribution in [1.29, 1.82) is 0 Å². The molecule has 0 aromatic heterocycles. The minimum atomic E-state index is -0.0771. The Labute approximate surface area is 140 Å². The molecule has 0 spiro atoms. The lowest BCUT2D eigenvalue weighted by Crippen LogP contribution is -1.99. The fourth-order valence-electron chi connectivity index (χ4n) is 2.00. The fraction of sp³-hybridized carbons (Fsp3) is 0.941. The lowest BCUT2D eigenvalue weighted by atomic mass is 10.2. The van der Waals surface area contributed by atoms with Gasteiger partial charge < -0.3 is 4.74 Å².